The molecular weight excluding hydrogens is 438 g/mol. The maximum Gasteiger partial charge on any atom is 0.254 e. The van der Waals surface area contributed by atoms with Crippen LogP contribution in [0.3, 0.4) is 0 Å². The molecule has 1 atom stereocenters. The molecule has 0 spiro atoms. The standard InChI is InChI=1S/C27H28F2N2O3/c1-19(16-21-10-6-7-11-25(21)34-2)31(18-20-8-4-3-5-9-20)26(32)14-15-30-27(33)23-13-12-22(28)17-24(23)29/h3-13,17,19H,14-16,18H2,1-2H3,(H,30,33). The van der Waals surface area contributed by atoms with E-state index in [0.29, 0.717) is 19.0 Å². The van der Waals surface area contributed by atoms with Gasteiger partial charge >= 0.3 is 0 Å². The minimum atomic E-state index is -0.944. The van der Waals surface area contributed by atoms with Gasteiger partial charge in [0.2, 0.25) is 5.91 Å². The Kier molecular flexibility index (Phi) is 8.73. The summed E-state index contributed by atoms with van der Waals surface area (Å²) < 4.78 is 32.4. The number of nitrogens with one attached hydrogen (secondary N) is 1. The van der Waals surface area contributed by atoms with Gasteiger partial charge in [-0.25, -0.2) is 8.78 Å². The summed E-state index contributed by atoms with van der Waals surface area (Å²) in [4.78, 5) is 27.2. The second-order valence-electron chi connectivity index (χ2n) is 8.00. The first-order valence-corrected chi connectivity index (χ1v) is 11.1. The van der Waals surface area contributed by atoms with E-state index in [2.05, 4.69) is 5.32 Å². The molecule has 0 saturated carbocycles. The molecule has 2 amide bonds. The van der Waals surface area contributed by atoms with Gasteiger partial charge in [-0.3, -0.25) is 9.59 Å². The Hall–Kier alpha value is -3.74. The van der Waals surface area contributed by atoms with Gasteiger partial charge in [-0.1, -0.05) is 48.5 Å². The largest absolute Gasteiger partial charge is 0.496 e. The third-order valence-electron chi connectivity index (χ3n) is 5.56. The Morgan fingerprint density at radius 3 is 2.41 bits per heavy atom. The molecule has 1 N–H and O–H groups in total. The summed E-state index contributed by atoms with van der Waals surface area (Å²) in [6, 6.07) is 19.9. The zero-order valence-corrected chi connectivity index (χ0v) is 19.3. The summed E-state index contributed by atoms with van der Waals surface area (Å²) in [7, 11) is 1.61. The lowest BCUT2D eigenvalue weighted by Crippen LogP contribution is -2.41. The monoisotopic (exact) mass is 466 g/mol. The van der Waals surface area contributed by atoms with Crippen molar-refractivity contribution < 1.29 is 23.1 Å². The number of nitrogens with zero attached hydrogens (tertiary/aromatic N) is 1. The van der Waals surface area contributed by atoms with Gasteiger partial charge in [-0.2, -0.15) is 0 Å². The molecule has 0 aliphatic heterocycles. The molecule has 0 bridgehead atoms. The van der Waals surface area contributed by atoms with Crippen molar-refractivity contribution in [3.63, 3.8) is 0 Å². The number of halogens is 2. The fraction of sp³-hybridized carbons (Fsp3) is 0.259. The van der Waals surface area contributed by atoms with E-state index in [0.717, 1.165) is 29.0 Å². The van der Waals surface area contributed by atoms with Crippen LogP contribution >= 0.6 is 0 Å². The topological polar surface area (TPSA) is 58.6 Å². The predicted octanol–water partition coefficient (Wildman–Crippen LogP) is 4.75. The van der Waals surface area contributed by atoms with Crippen molar-refractivity contribution >= 4 is 11.8 Å². The minimum absolute atomic E-state index is 0.0289. The van der Waals surface area contributed by atoms with Crippen molar-refractivity contribution in [3.05, 3.63) is 101 Å². The first-order valence-electron chi connectivity index (χ1n) is 11.1. The van der Waals surface area contributed by atoms with Gasteiger partial charge in [0, 0.05) is 31.6 Å². The Labute approximate surface area is 198 Å². The summed E-state index contributed by atoms with van der Waals surface area (Å²) in [5.74, 6) is -1.78. The highest BCUT2D eigenvalue weighted by atomic mass is 19.1. The molecule has 0 heterocycles. The SMILES string of the molecule is COc1ccccc1CC(C)N(Cc1ccccc1)C(=O)CCNC(=O)c1ccc(F)cc1F. The van der Waals surface area contributed by atoms with Crippen molar-refractivity contribution in [1.82, 2.24) is 10.2 Å². The first-order chi connectivity index (χ1) is 16.4. The Morgan fingerprint density at radius 2 is 1.71 bits per heavy atom. The van der Waals surface area contributed by atoms with Gasteiger partial charge in [0.05, 0.1) is 12.7 Å². The zero-order chi connectivity index (χ0) is 24.5. The van der Waals surface area contributed by atoms with E-state index < -0.39 is 17.5 Å². The van der Waals surface area contributed by atoms with Gasteiger partial charge < -0.3 is 15.0 Å². The smallest absolute Gasteiger partial charge is 0.254 e. The Bertz CT molecular complexity index is 1120. The molecule has 0 aliphatic rings. The highest BCUT2D eigenvalue weighted by molar-refractivity contribution is 5.94. The number of hydrogen-bond acceptors (Lipinski definition) is 3. The van der Waals surface area contributed by atoms with Gasteiger partial charge in [-0.05, 0) is 42.7 Å². The summed E-state index contributed by atoms with van der Waals surface area (Å²) in [5.41, 5.74) is 1.71. The minimum Gasteiger partial charge on any atom is -0.496 e. The molecule has 3 rings (SSSR count). The van der Waals surface area contributed by atoms with Crippen molar-refractivity contribution in [3.8, 4) is 5.75 Å². The number of methoxy groups -OCH3 is 1. The number of carbonyl (C=O) groups excluding carboxylic acids is 2. The highest BCUT2D eigenvalue weighted by Crippen LogP contribution is 2.22. The van der Waals surface area contributed by atoms with Gasteiger partial charge in [-0.15, -0.1) is 0 Å². The molecule has 0 radical (unpaired) electrons. The van der Waals surface area contributed by atoms with Crippen LogP contribution in [0.2, 0.25) is 0 Å². The van der Waals surface area contributed by atoms with Crippen LogP contribution in [0.4, 0.5) is 8.78 Å². The maximum absolute atomic E-state index is 13.8. The maximum atomic E-state index is 13.8. The van der Waals surface area contributed by atoms with Crippen LogP contribution in [0.25, 0.3) is 0 Å². The number of amides is 2. The predicted molar refractivity (Wildman–Crippen MR) is 126 cm³/mol. The number of carbonyl (C=O) groups is 2. The van der Waals surface area contributed by atoms with Crippen LogP contribution in [0, 0.1) is 11.6 Å². The van der Waals surface area contributed by atoms with Crippen molar-refractivity contribution in [2.24, 2.45) is 0 Å². The molecule has 1 unspecified atom stereocenters. The van der Waals surface area contributed by atoms with Gasteiger partial charge in [0.1, 0.15) is 17.4 Å². The first kappa shape index (κ1) is 24.9. The zero-order valence-electron chi connectivity index (χ0n) is 19.3. The molecule has 0 aliphatic carbocycles. The molecular formula is C27H28F2N2O3. The summed E-state index contributed by atoms with van der Waals surface area (Å²) in [6.45, 7) is 2.41. The molecule has 0 fully saturated rings. The van der Waals surface area contributed by atoms with Crippen molar-refractivity contribution in [2.75, 3.05) is 13.7 Å². The van der Waals surface area contributed by atoms with Gasteiger partial charge in [0.15, 0.2) is 0 Å². The fourth-order valence-corrected chi connectivity index (χ4v) is 3.77. The van der Waals surface area contributed by atoms with Crippen LogP contribution in [-0.2, 0) is 17.8 Å². The fourth-order valence-electron chi connectivity index (χ4n) is 3.77. The summed E-state index contributed by atoms with van der Waals surface area (Å²) in [5, 5.41) is 2.55. The third kappa shape index (κ3) is 6.63. The average molecular weight is 467 g/mol. The van der Waals surface area contributed by atoms with Crippen LogP contribution in [0.1, 0.15) is 34.8 Å². The van der Waals surface area contributed by atoms with Crippen molar-refractivity contribution in [1.29, 1.82) is 0 Å². The van der Waals surface area contributed by atoms with Crippen LogP contribution in [0.5, 0.6) is 5.75 Å². The van der Waals surface area contributed by atoms with Crippen LogP contribution < -0.4 is 10.1 Å². The second-order valence-corrected chi connectivity index (χ2v) is 8.00. The normalized spacial score (nSPS) is 11.5. The number of para-hydroxylation sites is 1. The van der Waals surface area contributed by atoms with Crippen LogP contribution in [-0.4, -0.2) is 36.4 Å². The molecule has 0 aromatic heterocycles. The average Bonchev–Trinajstić information content (AvgIpc) is 2.83. The Balaban J connectivity index is 1.68. The van der Waals surface area contributed by atoms with E-state index in [1.165, 1.54) is 0 Å². The number of benzene rings is 3. The highest BCUT2D eigenvalue weighted by Gasteiger charge is 2.22. The molecule has 5 nitrogen and oxygen atoms in total. The molecule has 3 aromatic carbocycles. The molecule has 0 saturated heterocycles. The lowest BCUT2D eigenvalue weighted by Gasteiger charge is -2.30. The summed E-state index contributed by atoms with van der Waals surface area (Å²) in [6.07, 6.45) is 0.632. The van der Waals surface area contributed by atoms with E-state index in [1.54, 1.807) is 12.0 Å². The van der Waals surface area contributed by atoms with Crippen molar-refractivity contribution in [2.45, 2.75) is 32.4 Å². The van der Waals surface area contributed by atoms with E-state index in [4.69, 9.17) is 4.74 Å². The number of hydrogen-bond donors (Lipinski definition) is 1. The van der Waals surface area contributed by atoms with Crippen LogP contribution in [0.15, 0.2) is 72.8 Å². The summed E-state index contributed by atoms with van der Waals surface area (Å²) >= 11 is 0. The van der Waals surface area contributed by atoms with E-state index in [-0.39, 0.29) is 30.5 Å². The van der Waals surface area contributed by atoms with E-state index in [9.17, 15) is 18.4 Å². The lowest BCUT2D eigenvalue weighted by molar-refractivity contribution is -0.133. The molecule has 7 heteroatoms. The van der Waals surface area contributed by atoms with E-state index in [1.807, 2.05) is 61.5 Å². The molecule has 3 aromatic rings. The molecule has 34 heavy (non-hydrogen) atoms. The van der Waals surface area contributed by atoms with E-state index >= 15 is 0 Å². The second kappa shape index (κ2) is 11.9. The quantitative estimate of drug-likeness (QED) is 0.469. The third-order valence-corrected chi connectivity index (χ3v) is 5.56. The lowest BCUT2D eigenvalue weighted by atomic mass is 10.0. The number of ether oxygens (including phenoxy) is 1. The number of rotatable bonds is 10. The molecule has 178 valence electrons. The van der Waals surface area contributed by atoms with Gasteiger partial charge in [0.25, 0.3) is 5.91 Å². The Morgan fingerprint density at radius 1 is 1.00 bits per heavy atom.